The number of pyridine rings is 2. The van der Waals surface area contributed by atoms with Gasteiger partial charge in [-0.15, -0.1) is 0 Å². The second-order valence-electron chi connectivity index (χ2n) is 8.50. The first-order valence-corrected chi connectivity index (χ1v) is 11.3. The SMILES string of the molecule is Cc1ccccc1-c1ccc2nc(N)c(/C=C\c3cncc(C4=CCCCC4)c3)cc2c1. The summed E-state index contributed by atoms with van der Waals surface area (Å²) in [5, 5.41) is 1.08. The van der Waals surface area contributed by atoms with Gasteiger partial charge >= 0.3 is 0 Å². The summed E-state index contributed by atoms with van der Waals surface area (Å²) in [6.45, 7) is 2.14. The van der Waals surface area contributed by atoms with Crippen LogP contribution >= 0.6 is 0 Å². The number of aromatic nitrogens is 2. The summed E-state index contributed by atoms with van der Waals surface area (Å²) in [7, 11) is 0. The number of benzene rings is 2. The highest BCUT2D eigenvalue weighted by Crippen LogP contribution is 2.29. The molecular weight excluding hydrogens is 390 g/mol. The largest absolute Gasteiger partial charge is 0.383 e. The minimum Gasteiger partial charge on any atom is -0.383 e. The molecule has 0 spiro atoms. The molecule has 3 nitrogen and oxygen atoms in total. The summed E-state index contributed by atoms with van der Waals surface area (Å²) in [6, 6.07) is 19.1. The molecule has 158 valence electrons. The van der Waals surface area contributed by atoms with Crippen molar-refractivity contribution in [3.05, 3.63) is 95.3 Å². The number of fused-ring (bicyclic) bond motifs is 1. The number of hydrogen-bond donors (Lipinski definition) is 1. The van der Waals surface area contributed by atoms with Crippen LogP contribution in [0.3, 0.4) is 0 Å². The monoisotopic (exact) mass is 417 g/mol. The van der Waals surface area contributed by atoms with Gasteiger partial charge in [0, 0.05) is 23.3 Å². The van der Waals surface area contributed by atoms with E-state index in [4.69, 9.17) is 5.73 Å². The number of rotatable bonds is 4. The Morgan fingerprint density at radius 3 is 2.66 bits per heavy atom. The third kappa shape index (κ3) is 4.19. The Morgan fingerprint density at radius 1 is 0.906 bits per heavy atom. The molecule has 0 aliphatic heterocycles. The average Bonchev–Trinajstić information content (AvgIpc) is 2.83. The van der Waals surface area contributed by atoms with E-state index in [9.17, 15) is 0 Å². The van der Waals surface area contributed by atoms with E-state index in [0.717, 1.165) is 28.5 Å². The summed E-state index contributed by atoms with van der Waals surface area (Å²) in [6.07, 6.45) is 15.2. The molecule has 3 heteroatoms. The van der Waals surface area contributed by atoms with Crippen LogP contribution in [0.1, 0.15) is 47.9 Å². The summed E-state index contributed by atoms with van der Waals surface area (Å²) in [5.41, 5.74) is 15.5. The quantitative estimate of drug-likeness (QED) is 0.378. The molecule has 5 rings (SSSR count). The highest BCUT2D eigenvalue weighted by Gasteiger charge is 2.08. The van der Waals surface area contributed by atoms with Crippen molar-refractivity contribution in [2.24, 2.45) is 0 Å². The van der Waals surface area contributed by atoms with Crippen molar-refractivity contribution in [3.63, 3.8) is 0 Å². The van der Waals surface area contributed by atoms with Crippen LogP contribution in [0, 0.1) is 6.92 Å². The molecule has 0 bridgehead atoms. The first-order chi connectivity index (χ1) is 15.7. The maximum Gasteiger partial charge on any atom is 0.131 e. The molecule has 0 atom stereocenters. The van der Waals surface area contributed by atoms with Gasteiger partial charge in [0.05, 0.1) is 5.52 Å². The number of nitrogens with zero attached hydrogens (tertiary/aromatic N) is 2. The molecule has 2 N–H and O–H groups in total. The lowest BCUT2D eigenvalue weighted by atomic mass is 9.94. The van der Waals surface area contributed by atoms with Crippen molar-refractivity contribution in [1.82, 2.24) is 9.97 Å². The molecule has 32 heavy (non-hydrogen) atoms. The Morgan fingerprint density at radius 2 is 1.81 bits per heavy atom. The zero-order chi connectivity index (χ0) is 21.9. The fourth-order valence-corrected chi connectivity index (χ4v) is 4.42. The highest BCUT2D eigenvalue weighted by molar-refractivity contribution is 5.90. The zero-order valence-corrected chi connectivity index (χ0v) is 18.4. The molecule has 0 fully saturated rings. The summed E-state index contributed by atoms with van der Waals surface area (Å²) in [5.74, 6) is 0.538. The van der Waals surface area contributed by atoms with Crippen LogP contribution in [0.2, 0.25) is 0 Å². The smallest absolute Gasteiger partial charge is 0.131 e. The van der Waals surface area contributed by atoms with Crippen molar-refractivity contribution in [3.8, 4) is 11.1 Å². The van der Waals surface area contributed by atoms with E-state index in [-0.39, 0.29) is 0 Å². The van der Waals surface area contributed by atoms with Gasteiger partial charge in [-0.25, -0.2) is 4.98 Å². The van der Waals surface area contributed by atoms with Crippen molar-refractivity contribution in [2.45, 2.75) is 32.6 Å². The standard InChI is InChI=1S/C29H27N3/c1-20-7-5-6-10-27(20)23-13-14-28-25(16-23)17-24(29(30)32-28)12-11-21-15-26(19-31-18-21)22-8-3-2-4-9-22/h5-8,10-19H,2-4,9H2,1H3,(H2,30,32)/b12-11-. The minimum atomic E-state index is 0.538. The number of nitrogens with two attached hydrogens (primary N) is 1. The second kappa shape index (κ2) is 8.80. The molecular formula is C29H27N3. The number of hydrogen-bond acceptors (Lipinski definition) is 3. The van der Waals surface area contributed by atoms with Crippen LogP contribution in [0.25, 0.3) is 39.8 Å². The molecule has 0 unspecified atom stereocenters. The number of aryl methyl sites for hydroxylation is 1. The average molecular weight is 418 g/mol. The fraction of sp³-hybridized carbons (Fsp3) is 0.172. The molecule has 2 aromatic carbocycles. The van der Waals surface area contributed by atoms with Gasteiger partial charge < -0.3 is 5.73 Å². The van der Waals surface area contributed by atoms with E-state index in [2.05, 4.69) is 77.6 Å². The normalized spacial score (nSPS) is 14.1. The molecule has 0 saturated heterocycles. The number of anilines is 1. The molecule has 0 saturated carbocycles. The lowest BCUT2D eigenvalue weighted by molar-refractivity contribution is 0.741. The van der Waals surface area contributed by atoms with E-state index >= 15 is 0 Å². The van der Waals surface area contributed by atoms with Gasteiger partial charge in [-0.05, 0) is 90.3 Å². The zero-order valence-electron chi connectivity index (χ0n) is 18.4. The molecule has 4 aromatic rings. The van der Waals surface area contributed by atoms with Gasteiger partial charge in [-0.1, -0.05) is 48.6 Å². The van der Waals surface area contributed by atoms with E-state index < -0.39 is 0 Å². The Hall–Kier alpha value is -3.72. The molecule has 0 amide bonds. The van der Waals surface area contributed by atoms with Crippen LogP contribution < -0.4 is 5.73 Å². The molecule has 1 aliphatic rings. The van der Waals surface area contributed by atoms with Crippen LogP contribution in [0.4, 0.5) is 5.82 Å². The van der Waals surface area contributed by atoms with Crippen LogP contribution in [0.15, 0.2) is 73.1 Å². The van der Waals surface area contributed by atoms with Gasteiger partial charge in [-0.2, -0.15) is 0 Å². The number of nitrogen functional groups attached to an aromatic ring is 1. The van der Waals surface area contributed by atoms with Crippen molar-refractivity contribution in [1.29, 1.82) is 0 Å². The third-order valence-electron chi connectivity index (χ3n) is 6.21. The fourth-order valence-electron chi connectivity index (χ4n) is 4.42. The lowest BCUT2D eigenvalue weighted by Crippen LogP contribution is -1.95. The van der Waals surface area contributed by atoms with Gasteiger partial charge in [0.25, 0.3) is 0 Å². The van der Waals surface area contributed by atoms with Crippen LogP contribution in [-0.4, -0.2) is 9.97 Å². The molecule has 2 heterocycles. The second-order valence-corrected chi connectivity index (χ2v) is 8.50. The van der Waals surface area contributed by atoms with E-state index in [1.54, 1.807) is 0 Å². The maximum atomic E-state index is 6.28. The van der Waals surface area contributed by atoms with Gasteiger partial charge in [0.15, 0.2) is 0 Å². The van der Waals surface area contributed by atoms with Gasteiger partial charge in [0.2, 0.25) is 0 Å². The Kier molecular flexibility index (Phi) is 5.55. The predicted molar refractivity (Wildman–Crippen MR) is 136 cm³/mol. The Bertz CT molecular complexity index is 1350. The lowest BCUT2D eigenvalue weighted by Gasteiger charge is -2.12. The third-order valence-corrected chi connectivity index (χ3v) is 6.21. The van der Waals surface area contributed by atoms with E-state index in [0.29, 0.717) is 5.82 Å². The van der Waals surface area contributed by atoms with E-state index in [1.165, 1.54) is 47.1 Å². The van der Waals surface area contributed by atoms with Crippen molar-refractivity contribution >= 4 is 34.4 Å². The minimum absolute atomic E-state index is 0.538. The molecule has 1 aliphatic carbocycles. The maximum absolute atomic E-state index is 6.28. The molecule has 2 aromatic heterocycles. The van der Waals surface area contributed by atoms with Crippen LogP contribution in [0.5, 0.6) is 0 Å². The van der Waals surface area contributed by atoms with Crippen LogP contribution in [-0.2, 0) is 0 Å². The van der Waals surface area contributed by atoms with Crippen molar-refractivity contribution in [2.75, 3.05) is 5.73 Å². The van der Waals surface area contributed by atoms with E-state index in [1.807, 2.05) is 24.5 Å². The van der Waals surface area contributed by atoms with Crippen molar-refractivity contribution < 1.29 is 0 Å². The van der Waals surface area contributed by atoms with Gasteiger partial charge in [-0.3, -0.25) is 4.98 Å². The predicted octanol–water partition coefficient (Wildman–Crippen LogP) is 7.32. The first kappa shape index (κ1) is 20.2. The summed E-state index contributed by atoms with van der Waals surface area (Å²) < 4.78 is 0. The summed E-state index contributed by atoms with van der Waals surface area (Å²) >= 11 is 0. The molecule has 0 radical (unpaired) electrons. The summed E-state index contributed by atoms with van der Waals surface area (Å²) in [4.78, 5) is 9.10. The highest BCUT2D eigenvalue weighted by atomic mass is 14.8. The Labute approximate surface area is 189 Å². The Balaban J connectivity index is 1.47. The topological polar surface area (TPSA) is 51.8 Å². The number of allylic oxidation sites excluding steroid dienone is 2. The van der Waals surface area contributed by atoms with Gasteiger partial charge in [0.1, 0.15) is 5.82 Å². The first-order valence-electron chi connectivity index (χ1n) is 11.3.